The van der Waals surface area contributed by atoms with E-state index in [-0.39, 0.29) is 5.92 Å². The molecule has 5 nitrogen and oxygen atoms in total. The van der Waals surface area contributed by atoms with E-state index in [4.69, 9.17) is 16.4 Å². The first-order valence-electron chi connectivity index (χ1n) is 9.52. The number of carbonyl (C=O) groups is 1. The van der Waals surface area contributed by atoms with Crippen molar-refractivity contribution < 1.29 is 14.7 Å². The highest BCUT2D eigenvalue weighted by atomic mass is 35.5. The normalized spacial score (nSPS) is 18.1. The van der Waals surface area contributed by atoms with Crippen LogP contribution in [-0.4, -0.2) is 47.9 Å². The van der Waals surface area contributed by atoms with Crippen LogP contribution in [0.15, 0.2) is 53.7 Å². The maximum absolute atomic E-state index is 11.2. The molecular formula is C22H25ClN2O3. The first-order chi connectivity index (χ1) is 13.6. The predicted octanol–water partition coefficient (Wildman–Crippen LogP) is 4.21. The Morgan fingerprint density at radius 3 is 2.64 bits per heavy atom. The van der Waals surface area contributed by atoms with Crippen molar-refractivity contribution >= 4 is 23.3 Å². The van der Waals surface area contributed by atoms with E-state index in [9.17, 15) is 9.90 Å². The summed E-state index contributed by atoms with van der Waals surface area (Å²) in [6, 6.07) is 15.6. The highest BCUT2D eigenvalue weighted by Crippen LogP contribution is 2.22. The van der Waals surface area contributed by atoms with Crippen LogP contribution in [0.5, 0.6) is 0 Å². The molecule has 1 heterocycles. The van der Waals surface area contributed by atoms with Gasteiger partial charge in [0.2, 0.25) is 0 Å². The molecule has 1 aliphatic heterocycles. The van der Waals surface area contributed by atoms with Crippen molar-refractivity contribution in [1.82, 2.24) is 4.90 Å². The fraction of sp³-hybridized carbons (Fsp3) is 0.364. The van der Waals surface area contributed by atoms with Crippen molar-refractivity contribution in [3.05, 3.63) is 70.2 Å². The predicted molar refractivity (Wildman–Crippen MR) is 111 cm³/mol. The van der Waals surface area contributed by atoms with E-state index >= 15 is 0 Å². The second-order valence-electron chi connectivity index (χ2n) is 7.05. The first kappa shape index (κ1) is 20.4. The topological polar surface area (TPSA) is 62.1 Å². The summed E-state index contributed by atoms with van der Waals surface area (Å²) < 4.78 is 0. The number of carboxylic acid groups (broad SMARTS) is 1. The smallest absolute Gasteiger partial charge is 0.307 e. The summed E-state index contributed by atoms with van der Waals surface area (Å²) >= 11 is 6.40. The van der Waals surface area contributed by atoms with Gasteiger partial charge < -0.3 is 9.94 Å². The molecule has 6 heteroatoms. The Kier molecular flexibility index (Phi) is 7.06. The Balaban J connectivity index is 1.71. The molecule has 0 aromatic heterocycles. The van der Waals surface area contributed by atoms with Crippen LogP contribution in [0.3, 0.4) is 0 Å². The average molecular weight is 401 g/mol. The van der Waals surface area contributed by atoms with E-state index in [0.29, 0.717) is 30.4 Å². The number of halogens is 1. The molecule has 3 rings (SSSR count). The molecule has 1 N–H and O–H groups in total. The van der Waals surface area contributed by atoms with E-state index in [2.05, 4.69) is 10.1 Å². The summed E-state index contributed by atoms with van der Waals surface area (Å²) in [7, 11) is 0. The lowest BCUT2D eigenvalue weighted by atomic mass is 9.98. The van der Waals surface area contributed by atoms with E-state index in [1.807, 2.05) is 55.5 Å². The Hall–Kier alpha value is -2.37. The highest BCUT2D eigenvalue weighted by Gasteiger charge is 2.25. The average Bonchev–Trinajstić information content (AvgIpc) is 2.70. The van der Waals surface area contributed by atoms with Crippen molar-refractivity contribution in [2.24, 2.45) is 11.1 Å². The van der Waals surface area contributed by atoms with Crippen molar-refractivity contribution in [2.45, 2.75) is 19.8 Å². The van der Waals surface area contributed by atoms with Gasteiger partial charge in [0.15, 0.2) is 0 Å². The molecule has 1 atom stereocenters. The SMILES string of the molecule is Cc1ccccc1/C(=N/OCCN1CCCC(C(=O)O)C1)c1ccccc1Cl. The number of likely N-dealkylation sites (tertiary alicyclic amines) is 1. The number of aliphatic carboxylic acids is 1. The fourth-order valence-corrected chi connectivity index (χ4v) is 3.70. The minimum absolute atomic E-state index is 0.289. The van der Waals surface area contributed by atoms with Crippen LogP contribution in [0.25, 0.3) is 0 Å². The van der Waals surface area contributed by atoms with Crippen LogP contribution in [-0.2, 0) is 9.63 Å². The van der Waals surface area contributed by atoms with Gasteiger partial charge in [-0.3, -0.25) is 9.69 Å². The summed E-state index contributed by atoms with van der Waals surface area (Å²) in [6.07, 6.45) is 1.64. The molecule has 0 aliphatic carbocycles. The third-order valence-corrected chi connectivity index (χ3v) is 5.37. The standard InChI is InChI=1S/C22H25ClN2O3/c1-16-7-2-3-9-18(16)21(19-10-4-5-11-20(19)23)24-28-14-13-25-12-6-8-17(15-25)22(26)27/h2-5,7,9-11,17H,6,8,12-15H2,1H3,(H,26,27)/b24-21-. The lowest BCUT2D eigenvalue weighted by Gasteiger charge is -2.30. The lowest BCUT2D eigenvalue weighted by molar-refractivity contribution is -0.143. The summed E-state index contributed by atoms with van der Waals surface area (Å²) in [5.41, 5.74) is 3.58. The number of hydrogen-bond donors (Lipinski definition) is 1. The monoisotopic (exact) mass is 400 g/mol. The summed E-state index contributed by atoms with van der Waals surface area (Å²) in [6.45, 7) is 4.54. The van der Waals surface area contributed by atoms with Crippen LogP contribution in [0.4, 0.5) is 0 Å². The van der Waals surface area contributed by atoms with Crippen LogP contribution in [0, 0.1) is 12.8 Å². The van der Waals surface area contributed by atoms with Crippen molar-refractivity contribution in [3.8, 4) is 0 Å². The van der Waals surface area contributed by atoms with Gasteiger partial charge in [-0.15, -0.1) is 0 Å². The van der Waals surface area contributed by atoms with Crippen LogP contribution in [0.2, 0.25) is 5.02 Å². The van der Waals surface area contributed by atoms with Gasteiger partial charge in [0.05, 0.1) is 10.9 Å². The Bertz CT molecular complexity index is 806. The highest BCUT2D eigenvalue weighted by molar-refractivity contribution is 6.35. The molecule has 1 saturated heterocycles. The number of hydrogen-bond acceptors (Lipinski definition) is 4. The molecule has 0 amide bonds. The Morgan fingerprint density at radius 2 is 1.93 bits per heavy atom. The van der Waals surface area contributed by atoms with Gasteiger partial charge in [-0.25, -0.2) is 0 Å². The molecule has 2 aromatic carbocycles. The third kappa shape index (κ3) is 5.12. The Labute approximate surface area is 170 Å². The van der Waals surface area contributed by atoms with E-state index in [1.54, 1.807) is 0 Å². The van der Waals surface area contributed by atoms with Crippen LogP contribution < -0.4 is 0 Å². The largest absolute Gasteiger partial charge is 0.481 e. The number of aryl methyl sites for hydroxylation is 1. The molecular weight excluding hydrogens is 376 g/mol. The lowest BCUT2D eigenvalue weighted by Crippen LogP contribution is -2.40. The maximum atomic E-state index is 11.2. The summed E-state index contributed by atoms with van der Waals surface area (Å²) in [5.74, 6) is -1.01. The molecule has 0 radical (unpaired) electrons. The van der Waals surface area contributed by atoms with Gasteiger partial charge >= 0.3 is 5.97 Å². The van der Waals surface area contributed by atoms with Gasteiger partial charge in [-0.2, -0.15) is 0 Å². The Morgan fingerprint density at radius 1 is 1.21 bits per heavy atom. The number of rotatable bonds is 7. The second kappa shape index (κ2) is 9.71. The van der Waals surface area contributed by atoms with Gasteiger partial charge in [-0.05, 0) is 37.9 Å². The van der Waals surface area contributed by atoms with E-state index in [0.717, 1.165) is 36.1 Å². The zero-order chi connectivity index (χ0) is 19.9. The number of nitrogens with zero attached hydrogens (tertiary/aromatic N) is 2. The van der Waals surface area contributed by atoms with Crippen LogP contribution in [0.1, 0.15) is 29.5 Å². The van der Waals surface area contributed by atoms with Crippen molar-refractivity contribution in [2.75, 3.05) is 26.2 Å². The molecule has 0 spiro atoms. The quantitative estimate of drug-likeness (QED) is 0.429. The molecule has 2 aromatic rings. The van der Waals surface area contributed by atoms with Crippen molar-refractivity contribution in [3.63, 3.8) is 0 Å². The summed E-state index contributed by atoms with van der Waals surface area (Å²) in [5, 5.41) is 14.2. The number of piperidine rings is 1. The molecule has 0 bridgehead atoms. The van der Waals surface area contributed by atoms with E-state index in [1.165, 1.54) is 0 Å². The van der Waals surface area contributed by atoms with E-state index < -0.39 is 5.97 Å². The minimum Gasteiger partial charge on any atom is -0.481 e. The van der Waals surface area contributed by atoms with Gasteiger partial charge in [0.25, 0.3) is 0 Å². The molecule has 0 saturated carbocycles. The van der Waals surface area contributed by atoms with Gasteiger partial charge in [0.1, 0.15) is 12.3 Å². The molecule has 148 valence electrons. The zero-order valence-corrected chi connectivity index (χ0v) is 16.7. The molecule has 1 aliphatic rings. The summed E-state index contributed by atoms with van der Waals surface area (Å²) in [4.78, 5) is 19.0. The third-order valence-electron chi connectivity index (χ3n) is 5.04. The maximum Gasteiger partial charge on any atom is 0.307 e. The van der Waals surface area contributed by atoms with Crippen LogP contribution >= 0.6 is 11.6 Å². The fourth-order valence-electron chi connectivity index (χ4n) is 3.48. The minimum atomic E-state index is -0.718. The second-order valence-corrected chi connectivity index (χ2v) is 7.45. The zero-order valence-electron chi connectivity index (χ0n) is 16.0. The van der Waals surface area contributed by atoms with Gasteiger partial charge in [0, 0.05) is 24.2 Å². The number of oxime groups is 1. The number of benzene rings is 2. The molecule has 1 unspecified atom stereocenters. The first-order valence-corrected chi connectivity index (χ1v) is 9.90. The molecule has 28 heavy (non-hydrogen) atoms. The van der Waals surface area contributed by atoms with Gasteiger partial charge in [-0.1, -0.05) is 59.2 Å². The number of carboxylic acids is 1. The molecule has 1 fully saturated rings. The van der Waals surface area contributed by atoms with Crippen molar-refractivity contribution in [1.29, 1.82) is 0 Å².